The Kier molecular flexibility index (Phi) is 4.29. The van der Waals surface area contributed by atoms with Gasteiger partial charge in [-0.25, -0.2) is 14.5 Å². The fourth-order valence-electron chi connectivity index (χ4n) is 2.08. The molecule has 0 aliphatic heterocycles. The molecule has 0 saturated heterocycles. The van der Waals surface area contributed by atoms with Gasteiger partial charge in [-0.3, -0.25) is 0 Å². The van der Waals surface area contributed by atoms with Gasteiger partial charge in [-0.05, 0) is 36.1 Å². The van der Waals surface area contributed by atoms with E-state index in [-0.39, 0.29) is 5.69 Å². The first kappa shape index (κ1) is 14.5. The summed E-state index contributed by atoms with van der Waals surface area (Å²) in [6.45, 7) is 0.516. The summed E-state index contributed by atoms with van der Waals surface area (Å²) in [5.74, 6) is 0.759. The molecule has 1 N–H and O–H groups in total. The van der Waals surface area contributed by atoms with Crippen LogP contribution in [0.2, 0.25) is 0 Å². The number of ether oxygens (including phenoxy) is 1. The van der Waals surface area contributed by atoms with E-state index in [0.29, 0.717) is 11.8 Å². The maximum absolute atomic E-state index is 11.8. The minimum absolute atomic E-state index is 0.248. The van der Waals surface area contributed by atoms with Crippen molar-refractivity contribution in [1.29, 1.82) is 0 Å². The number of hydrogen-bond donors (Lipinski definition) is 1. The Morgan fingerprint density at radius 3 is 2.55 bits per heavy atom. The van der Waals surface area contributed by atoms with Crippen LogP contribution in [0.15, 0.2) is 64.5 Å². The Labute approximate surface area is 132 Å². The highest BCUT2D eigenvalue weighted by atomic mass is 32.2. The summed E-state index contributed by atoms with van der Waals surface area (Å²) in [7, 11) is 0. The van der Waals surface area contributed by atoms with Gasteiger partial charge in [0.1, 0.15) is 12.4 Å². The van der Waals surface area contributed by atoms with Gasteiger partial charge >= 0.3 is 5.69 Å². The molecule has 0 aliphatic rings. The largest absolute Gasteiger partial charge is 0.489 e. The van der Waals surface area contributed by atoms with Crippen molar-refractivity contribution in [1.82, 2.24) is 14.8 Å². The normalized spacial score (nSPS) is 10.6. The lowest BCUT2D eigenvalue weighted by Crippen LogP contribution is -2.15. The van der Waals surface area contributed by atoms with E-state index < -0.39 is 0 Å². The van der Waals surface area contributed by atoms with Gasteiger partial charge in [0.2, 0.25) is 0 Å². The fraction of sp³-hybridized carbons (Fsp3) is 0.125. The summed E-state index contributed by atoms with van der Waals surface area (Å²) in [6.07, 6.45) is 1.88. The monoisotopic (exact) mass is 313 g/mol. The van der Waals surface area contributed by atoms with Gasteiger partial charge < -0.3 is 4.74 Å². The number of aromatic nitrogens is 3. The number of nitrogens with one attached hydrogen (secondary N) is 1. The molecule has 22 heavy (non-hydrogen) atoms. The topological polar surface area (TPSA) is 59.9 Å². The molecule has 112 valence electrons. The Hall–Kier alpha value is -2.47. The molecule has 6 heteroatoms. The van der Waals surface area contributed by atoms with Crippen molar-refractivity contribution >= 4 is 11.8 Å². The van der Waals surface area contributed by atoms with E-state index >= 15 is 0 Å². The van der Waals surface area contributed by atoms with Gasteiger partial charge in [-0.1, -0.05) is 42.1 Å². The molecule has 5 nitrogen and oxygen atoms in total. The van der Waals surface area contributed by atoms with Crippen molar-refractivity contribution in [2.24, 2.45) is 0 Å². The highest BCUT2D eigenvalue weighted by Crippen LogP contribution is 2.19. The molecule has 3 aromatic rings. The summed E-state index contributed by atoms with van der Waals surface area (Å²) in [5, 5.41) is 7.05. The molecule has 0 spiro atoms. The van der Waals surface area contributed by atoms with Crippen LogP contribution >= 0.6 is 11.8 Å². The molecule has 0 atom stereocenters. The second-order valence-electron chi connectivity index (χ2n) is 4.62. The molecule has 3 rings (SSSR count). The summed E-state index contributed by atoms with van der Waals surface area (Å²) < 4.78 is 7.27. The average molecular weight is 313 g/mol. The molecule has 0 bridgehead atoms. The number of hydrogen-bond acceptors (Lipinski definition) is 4. The lowest BCUT2D eigenvalue weighted by Gasteiger charge is -2.08. The van der Waals surface area contributed by atoms with Gasteiger partial charge in [-0.2, -0.15) is 0 Å². The van der Waals surface area contributed by atoms with Gasteiger partial charge in [0.05, 0.1) is 5.69 Å². The van der Waals surface area contributed by atoms with Crippen LogP contribution in [0.3, 0.4) is 0 Å². The zero-order valence-corrected chi connectivity index (χ0v) is 12.8. The number of benzene rings is 2. The number of rotatable bonds is 5. The Bertz CT molecular complexity index is 794. The van der Waals surface area contributed by atoms with Crippen LogP contribution in [-0.2, 0) is 6.61 Å². The van der Waals surface area contributed by atoms with E-state index in [4.69, 9.17) is 4.74 Å². The van der Waals surface area contributed by atoms with Gasteiger partial charge in [0.25, 0.3) is 0 Å². The van der Waals surface area contributed by atoms with Crippen molar-refractivity contribution in [3.05, 3.63) is 70.6 Å². The summed E-state index contributed by atoms with van der Waals surface area (Å²) >= 11 is 1.41. The van der Waals surface area contributed by atoms with E-state index in [0.717, 1.165) is 17.0 Å². The molecule has 0 fully saturated rings. The first-order valence-corrected chi connectivity index (χ1v) is 7.99. The summed E-state index contributed by atoms with van der Waals surface area (Å²) in [6, 6.07) is 17.4. The maximum Gasteiger partial charge on any atom is 0.348 e. The zero-order chi connectivity index (χ0) is 15.4. The lowest BCUT2D eigenvalue weighted by atomic mass is 10.2. The smallest absolute Gasteiger partial charge is 0.348 e. The lowest BCUT2D eigenvalue weighted by molar-refractivity contribution is 0.306. The first-order chi connectivity index (χ1) is 10.8. The minimum Gasteiger partial charge on any atom is -0.489 e. The van der Waals surface area contributed by atoms with Crippen molar-refractivity contribution < 1.29 is 4.74 Å². The molecule has 0 unspecified atom stereocenters. The molecular weight excluding hydrogens is 298 g/mol. The van der Waals surface area contributed by atoms with E-state index in [1.165, 1.54) is 16.3 Å². The molecule has 0 aliphatic carbocycles. The van der Waals surface area contributed by atoms with Crippen LogP contribution in [-0.4, -0.2) is 21.0 Å². The molecular formula is C16H15N3O2S. The standard InChI is InChI=1S/C16H15N3O2S/c1-22-16-18-17-15(20)19(16)13-7-9-14(10-8-13)21-11-12-5-3-2-4-6-12/h2-10H,11H2,1H3,(H,17,20). The average Bonchev–Trinajstić information content (AvgIpc) is 2.95. The number of H-pyrrole nitrogens is 1. The predicted octanol–water partition coefficient (Wildman–Crippen LogP) is 2.86. The van der Waals surface area contributed by atoms with E-state index in [2.05, 4.69) is 10.2 Å². The number of thioether (sulfide) groups is 1. The third-order valence-corrected chi connectivity index (χ3v) is 3.81. The Morgan fingerprint density at radius 1 is 1.14 bits per heavy atom. The maximum atomic E-state index is 11.8. The van der Waals surface area contributed by atoms with Crippen LogP contribution in [0.5, 0.6) is 5.75 Å². The zero-order valence-electron chi connectivity index (χ0n) is 12.0. The molecule has 0 amide bonds. The van der Waals surface area contributed by atoms with Crippen LogP contribution in [0.4, 0.5) is 0 Å². The van der Waals surface area contributed by atoms with Crippen LogP contribution in [0.25, 0.3) is 5.69 Å². The Balaban J connectivity index is 1.75. The second-order valence-corrected chi connectivity index (χ2v) is 5.39. The molecule has 0 radical (unpaired) electrons. The van der Waals surface area contributed by atoms with Gasteiger partial charge in [0, 0.05) is 0 Å². The van der Waals surface area contributed by atoms with E-state index in [1.807, 2.05) is 60.9 Å². The van der Waals surface area contributed by atoms with Gasteiger partial charge in [0.15, 0.2) is 5.16 Å². The van der Waals surface area contributed by atoms with E-state index in [9.17, 15) is 4.79 Å². The van der Waals surface area contributed by atoms with Crippen molar-refractivity contribution in [2.45, 2.75) is 11.8 Å². The Morgan fingerprint density at radius 2 is 1.86 bits per heavy atom. The third kappa shape index (κ3) is 3.07. The number of nitrogens with zero attached hydrogens (tertiary/aromatic N) is 2. The van der Waals surface area contributed by atoms with Crippen LogP contribution < -0.4 is 10.4 Å². The SMILES string of the molecule is CSc1n[nH]c(=O)n1-c1ccc(OCc2ccccc2)cc1. The van der Waals surface area contributed by atoms with Gasteiger partial charge in [-0.15, -0.1) is 5.10 Å². The first-order valence-electron chi connectivity index (χ1n) is 6.76. The van der Waals surface area contributed by atoms with E-state index in [1.54, 1.807) is 0 Å². The predicted molar refractivity (Wildman–Crippen MR) is 86.7 cm³/mol. The quantitative estimate of drug-likeness (QED) is 0.736. The molecule has 2 aromatic carbocycles. The summed E-state index contributed by atoms with van der Waals surface area (Å²) in [4.78, 5) is 11.8. The molecule has 1 heterocycles. The van der Waals surface area contributed by atoms with Crippen LogP contribution in [0, 0.1) is 0 Å². The van der Waals surface area contributed by atoms with Crippen molar-refractivity contribution in [3.8, 4) is 11.4 Å². The van der Waals surface area contributed by atoms with Crippen molar-refractivity contribution in [2.75, 3.05) is 6.26 Å². The van der Waals surface area contributed by atoms with Crippen molar-refractivity contribution in [3.63, 3.8) is 0 Å². The minimum atomic E-state index is -0.248. The number of aromatic amines is 1. The third-order valence-electron chi connectivity index (χ3n) is 3.17. The van der Waals surface area contributed by atoms with Crippen LogP contribution in [0.1, 0.15) is 5.56 Å². The summed E-state index contributed by atoms with van der Waals surface area (Å²) in [5.41, 5.74) is 1.62. The molecule has 1 aromatic heterocycles. The fourth-order valence-corrected chi connectivity index (χ4v) is 2.59. The highest BCUT2D eigenvalue weighted by Gasteiger charge is 2.09. The second kappa shape index (κ2) is 6.53. The molecule has 0 saturated carbocycles. The highest BCUT2D eigenvalue weighted by molar-refractivity contribution is 7.98.